The van der Waals surface area contributed by atoms with Crippen LogP contribution in [0.1, 0.15) is 29.8 Å². The number of halogens is 1. The van der Waals surface area contributed by atoms with Crippen LogP contribution in [0.4, 0.5) is 0 Å². The Morgan fingerprint density at radius 3 is 2.74 bits per heavy atom. The van der Waals surface area contributed by atoms with E-state index in [4.69, 9.17) is 18.9 Å². The Hall–Kier alpha value is -3.02. The molecule has 1 aliphatic rings. The van der Waals surface area contributed by atoms with Gasteiger partial charge >= 0.3 is 0 Å². The fourth-order valence-corrected chi connectivity index (χ4v) is 3.44. The Balaban J connectivity index is 1.53. The number of hydrogen-bond donors (Lipinski definition) is 2. The van der Waals surface area contributed by atoms with E-state index >= 15 is 0 Å². The lowest BCUT2D eigenvalue weighted by molar-refractivity contribution is -0.120. The van der Waals surface area contributed by atoms with Crippen molar-refractivity contribution in [1.82, 2.24) is 10.7 Å². The summed E-state index contributed by atoms with van der Waals surface area (Å²) in [7, 11) is 1.56. The average Bonchev–Trinajstić information content (AvgIpc) is 3.21. The highest BCUT2D eigenvalue weighted by molar-refractivity contribution is 14.1. The number of carbonyl (C=O) groups is 2. The van der Waals surface area contributed by atoms with Crippen molar-refractivity contribution < 1.29 is 28.5 Å². The molecule has 0 aliphatic carbocycles. The molecule has 164 valence electrons. The van der Waals surface area contributed by atoms with Crippen molar-refractivity contribution >= 4 is 40.6 Å². The molecular weight excluding hydrogens is 517 g/mol. The van der Waals surface area contributed by atoms with Crippen LogP contribution < -0.4 is 29.7 Å². The molecule has 2 N–H and O–H groups in total. The van der Waals surface area contributed by atoms with E-state index in [2.05, 4.69) is 38.4 Å². The molecule has 0 atom stereocenters. The van der Waals surface area contributed by atoms with Crippen molar-refractivity contribution in [1.29, 1.82) is 0 Å². The first-order valence-electron chi connectivity index (χ1n) is 9.41. The molecule has 2 aromatic carbocycles. The number of rotatable bonds is 8. The van der Waals surface area contributed by atoms with Crippen LogP contribution in [0.25, 0.3) is 0 Å². The smallest absolute Gasteiger partial charge is 0.259 e. The molecule has 31 heavy (non-hydrogen) atoms. The molecule has 0 bridgehead atoms. The molecule has 1 heterocycles. The topological polar surface area (TPSA) is 107 Å². The molecule has 0 saturated heterocycles. The van der Waals surface area contributed by atoms with E-state index in [1.54, 1.807) is 31.4 Å². The number of benzene rings is 2. The van der Waals surface area contributed by atoms with Crippen LogP contribution in [0.5, 0.6) is 23.0 Å². The largest absolute Gasteiger partial charge is 0.493 e. The van der Waals surface area contributed by atoms with Crippen LogP contribution in [0.2, 0.25) is 0 Å². The van der Waals surface area contributed by atoms with Crippen LogP contribution in [0.15, 0.2) is 35.4 Å². The molecule has 0 saturated carbocycles. The van der Waals surface area contributed by atoms with Crippen LogP contribution >= 0.6 is 22.6 Å². The number of amides is 2. The average molecular weight is 539 g/mol. The first kappa shape index (κ1) is 22.7. The maximum atomic E-state index is 12.2. The fraction of sp³-hybridized carbons (Fsp3) is 0.286. The highest BCUT2D eigenvalue weighted by Crippen LogP contribution is 2.34. The monoisotopic (exact) mass is 539 g/mol. The van der Waals surface area contributed by atoms with Crippen LogP contribution in [0.3, 0.4) is 0 Å². The van der Waals surface area contributed by atoms with Crippen molar-refractivity contribution in [3.8, 4) is 23.0 Å². The molecule has 9 nitrogen and oxygen atoms in total. The lowest BCUT2D eigenvalue weighted by atomic mass is 10.2. The molecule has 1 aliphatic heterocycles. The highest BCUT2D eigenvalue weighted by atomic mass is 127. The molecule has 0 radical (unpaired) electrons. The van der Waals surface area contributed by atoms with Gasteiger partial charge in [0.2, 0.25) is 6.79 Å². The minimum absolute atomic E-state index is 0.00842. The third kappa shape index (κ3) is 6.00. The van der Waals surface area contributed by atoms with Gasteiger partial charge in [-0.2, -0.15) is 5.10 Å². The Morgan fingerprint density at radius 2 is 2.00 bits per heavy atom. The summed E-state index contributed by atoms with van der Waals surface area (Å²) in [5.41, 5.74) is 3.47. The van der Waals surface area contributed by atoms with Gasteiger partial charge in [-0.05, 0) is 72.3 Å². The Morgan fingerprint density at radius 1 is 1.23 bits per heavy atom. The van der Waals surface area contributed by atoms with Crippen molar-refractivity contribution in [3.05, 3.63) is 45.0 Å². The zero-order valence-electron chi connectivity index (χ0n) is 17.2. The van der Waals surface area contributed by atoms with Gasteiger partial charge < -0.3 is 24.3 Å². The Kier molecular flexibility index (Phi) is 7.55. The molecule has 3 rings (SSSR count). The summed E-state index contributed by atoms with van der Waals surface area (Å²) in [6.07, 6.45) is 1.50. The maximum Gasteiger partial charge on any atom is 0.259 e. The van der Waals surface area contributed by atoms with Gasteiger partial charge in [0.1, 0.15) is 0 Å². The minimum atomic E-state index is -0.466. The lowest BCUT2D eigenvalue weighted by Crippen LogP contribution is -2.34. The van der Waals surface area contributed by atoms with Gasteiger partial charge in [-0.3, -0.25) is 9.59 Å². The van der Waals surface area contributed by atoms with E-state index in [0.29, 0.717) is 28.6 Å². The number of fused-ring (bicyclic) bond motifs is 1. The molecule has 0 aromatic heterocycles. The second-order valence-corrected chi connectivity index (χ2v) is 7.91. The predicted octanol–water partition coefficient (Wildman–Crippen LogP) is 2.70. The molecule has 0 fully saturated rings. The fourth-order valence-electron chi connectivity index (χ4n) is 2.68. The van der Waals surface area contributed by atoms with Gasteiger partial charge in [-0.25, -0.2) is 5.43 Å². The van der Waals surface area contributed by atoms with Crippen molar-refractivity contribution in [2.75, 3.05) is 20.4 Å². The summed E-state index contributed by atoms with van der Waals surface area (Å²) < 4.78 is 22.5. The third-order valence-corrected chi connectivity index (χ3v) is 4.85. The first-order valence-corrected chi connectivity index (χ1v) is 10.5. The van der Waals surface area contributed by atoms with E-state index in [1.165, 1.54) is 6.21 Å². The molecule has 0 spiro atoms. The molecule has 2 amide bonds. The quantitative estimate of drug-likeness (QED) is 0.304. The van der Waals surface area contributed by atoms with Crippen molar-refractivity contribution in [2.24, 2.45) is 5.10 Å². The second kappa shape index (κ2) is 10.3. The summed E-state index contributed by atoms with van der Waals surface area (Å²) in [6.45, 7) is 3.77. The molecule has 2 aromatic rings. The van der Waals surface area contributed by atoms with E-state index in [9.17, 15) is 9.59 Å². The Bertz CT molecular complexity index is 1010. The summed E-state index contributed by atoms with van der Waals surface area (Å²) in [4.78, 5) is 24.2. The number of hydrogen-bond acceptors (Lipinski definition) is 7. The number of nitrogens with zero attached hydrogens (tertiary/aromatic N) is 1. The number of hydrazone groups is 1. The number of methoxy groups -OCH3 is 1. The minimum Gasteiger partial charge on any atom is -0.493 e. The lowest BCUT2D eigenvalue weighted by Gasteiger charge is -2.15. The maximum absolute atomic E-state index is 12.2. The van der Waals surface area contributed by atoms with Gasteiger partial charge in [0.15, 0.2) is 23.0 Å². The zero-order chi connectivity index (χ0) is 22.4. The summed E-state index contributed by atoms with van der Waals surface area (Å²) in [6, 6.07) is 8.43. The molecule has 0 unspecified atom stereocenters. The molecule has 10 heteroatoms. The molecular formula is C21H22IN3O6. The van der Waals surface area contributed by atoms with E-state index < -0.39 is 11.8 Å². The number of nitrogens with one attached hydrogen (secondary N) is 2. The highest BCUT2D eigenvalue weighted by Gasteiger charge is 2.16. The van der Waals surface area contributed by atoms with Gasteiger partial charge in [-0.15, -0.1) is 0 Å². The Labute approximate surface area is 193 Å². The first-order chi connectivity index (χ1) is 14.9. The standard InChI is InChI=1S/C21H22IN3O6/c1-12(2)31-20-15(22)6-13(7-18(20)28-3)9-24-25-19(26)10-23-21(27)14-4-5-16-17(8-14)30-11-29-16/h4-9,12H,10-11H2,1-3H3,(H,23,27)(H,25,26). The van der Waals surface area contributed by atoms with E-state index in [-0.39, 0.29) is 19.4 Å². The van der Waals surface area contributed by atoms with Crippen LogP contribution in [0, 0.1) is 3.57 Å². The van der Waals surface area contributed by atoms with Crippen LogP contribution in [-0.2, 0) is 4.79 Å². The summed E-state index contributed by atoms with van der Waals surface area (Å²) >= 11 is 2.15. The van der Waals surface area contributed by atoms with Crippen LogP contribution in [-0.4, -0.2) is 44.6 Å². The summed E-state index contributed by atoms with van der Waals surface area (Å²) in [5.74, 6) is 1.44. The van der Waals surface area contributed by atoms with Gasteiger partial charge in [-0.1, -0.05) is 0 Å². The van der Waals surface area contributed by atoms with Gasteiger partial charge in [0, 0.05) is 5.56 Å². The summed E-state index contributed by atoms with van der Waals surface area (Å²) in [5, 5.41) is 6.47. The zero-order valence-corrected chi connectivity index (χ0v) is 19.4. The van der Waals surface area contributed by atoms with Gasteiger partial charge in [0.05, 0.1) is 29.5 Å². The number of ether oxygens (including phenoxy) is 4. The van der Waals surface area contributed by atoms with E-state index in [0.717, 1.165) is 9.13 Å². The van der Waals surface area contributed by atoms with E-state index in [1.807, 2.05) is 19.9 Å². The SMILES string of the molecule is COc1cc(C=NNC(=O)CNC(=O)c2ccc3c(c2)OCO3)cc(I)c1OC(C)C. The third-order valence-electron chi connectivity index (χ3n) is 4.05. The normalized spacial score (nSPS) is 12.2. The van der Waals surface area contributed by atoms with Crippen molar-refractivity contribution in [2.45, 2.75) is 20.0 Å². The van der Waals surface area contributed by atoms with Crippen molar-refractivity contribution in [3.63, 3.8) is 0 Å². The number of carbonyl (C=O) groups excluding carboxylic acids is 2. The second-order valence-electron chi connectivity index (χ2n) is 6.74. The van der Waals surface area contributed by atoms with Gasteiger partial charge in [0.25, 0.3) is 11.8 Å². The predicted molar refractivity (Wildman–Crippen MR) is 122 cm³/mol.